The van der Waals surface area contributed by atoms with Crippen molar-refractivity contribution in [3.05, 3.63) is 11.6 Å². The number of carbonyl (C=O) groups is 2. The lowest BCUT2D eigenvalue weighted by atomic mass is 9.44. The van der Waals surface area contributed by atoms with Gasteiger partial charge in [-0.3, -0.25) is 9.59 Å². The Labute approximate surface area is 162 Å². The lowest BCUT2D eigenvalue weighted by Crippen LogP contribution is -2.58. The number of fused-ring (bicyclic) bond motifs is 5. The van der Waals surface area contributed by atoms with E-state index < -0.39 is 12.7 Å². The zero-order valence-electron chi connectivity index (χ0n) is 17.1. The van der Waals surface area contributed by atoms with Gasteiger partial charge in [-0.15, -0.1) is 0 Å². The van der Waals surface area contributed by atoms with Crippen molar-refractivity contribution in [1.82, 2.24) is 0 Å². The maximum absolute atomic E-state index is 12.6. The van der Waals surface area contributed by atoms with Gasteiger partial charge in [0.05, 0.1) is 6.10 Å². The Balaban J connectivity index is 1.76. The molecule has 4 nitrogen and oxygen atoms in total. The number of aliphatic hydroxyl groups excluding tert-OH is 2. The van der Waals surface area contributed by atoms with Crippen molar-refractivity contribution in [3.8, 4) is 0 Å². The predicted octanol–water partition coefficient (Wildman–Crippen LogP) is 3.16. The minimum absolute atomic E-state index is 0.0583. The quantitative estimate of drug-likeness (QED) is 0.779. The van der Waals surface area contributed by atoms with Gasteiger partial charge in [0, 0.05) is 12.3 Å². The van der Waals surface area contributed by atoms with Gasteiger partial charge in [-0.1, -0.05) is 33.3 Å². The Morgan fingerprint density at radius 3 is 2.63 bits per heavy atom. The highest BCUT2D eigenvalue weighted by molar-refractivity contribution is 5.91. The van der Waals surface area contributed by atoms with Crippen molar-refractivity contribution in [1.29, 1.82) is 0 Å². The van der Waals surface area contributed by atoms with E-state index in [9.17, 15) is 19.8 Å². The van der Waals surface area contributed by atoms with Gasteiger partial charge in [-0.05, 0) is 72.2 Å². The molecule has 0 heterocycles. The molecule has 2 N–H and O–H groups in total. The molecular weight excluding hydrogens is 340 g/mol. The standard InChI is InChI=1S/C23H34O4/c1-12-7-15-17-8-13(2)20(19(27)11-24)23(17,4)10-18(26)21(15)22(3)6-5-14(25)9-16(12)22/h9,12-13,15,17-18,20-21,24,26H,5-8,10-11H2,1-4H3/t12-,13+,15-,17-,18-,20+,21+,22-,23-/m0/s1. The third kappa shape index (κ3) is 2.55. The summed E-state index contributed by atoms with van der Waals surface area (Å²) in [4.78, 5) is 24.6. The largest absolute Gasteiger partial charge is 0.393 e. The monoisotopic (exact) mass is 374 g/mol. The van der Waals surface area contributed by atoms with Crippen molar-refractivity contribution < 1.29 is 19.8 Å². The molecule has 0 aromatic carbocycles. The fraction of sp³-hybridized carbons (Fsp3) is 0.826. The molecule has 3 saturated carbocycles. The van der Waals surface area contributed by atoms with Crippen molar-refractivity contribution in [2.75, 3.05) is 6.61 Å². The van der Waals surface area contributed by atoms with Gasteiger partial charge >= 0.3 is 0 Å². The summed E-state index contributed by atoms with van der Waals surface area (Å²) >= 11 is 0. The molecule has 9 atom stereocenters. The summed E-state index contributed by atoms with van der Waals surface area (Å²) in [6.45, 7) is 8.42. The van der Waals surface area contributed by atoms with E-state index in [-0.39, 0.29) is 40.2 Å². The van der Waals surface area contributed by atoms with Crippen LogP contribution in [0.25, 0.3) is 0 Å². The molecule has 0 unspecified atom stereocenters. The lowest BCUT2D eigenvalue weighted by Gasteiger charge is -2.61. The Morgan fingerprint density at radius 2 is 1.96 bits per heavy atom. The molecule has 3 fully saturated rings. The average molecular weight is 375 g/mol. The Morgan fingerprint density at radius 1 is 1.26 bits per heavy atom. The predicted molar refractivity (Wildman–Crippen MR) is 103 cm³/mol. The van der Waals surface area contributed by atoms with Crippen LogP contribution in [0.4, 0.5) is 0 Å². The summed E-state index contributed by atoms with van der Waals surface area (Å²) in [6, 6.07) is 0. The summed E-state index contributed by atoms with van der Waals surface area (Å²) < 4.78 is 0. The van der Waals surface area contributed by atoms with Crippen LogP contribution in [0.1, 0.15) is 59.8 Å². The van der Waals surface area contributed by atoms with Crippen LogP contribution in [-0.2, 0) is 9.59 Å². The molecule has 4 heteroatoms. The lowest BCUT2D eigenvalue weighted by molar-refractivity contribution is -0.150. The fourth-order valence-corrected chi connectivity index (χ4v) is 8.27. The van der Waals surface area contributed by atoms with E-state index in [1.807, 2.05) is 6.08 Å². The Bertz CT molecular complexity index is 696. The molecule has 0 aliphatic heterocycles. The molecule has 0 amide bonds. The number of ketones is 2. The van der Waals surface area contributed by atoms with Crippen LogP contribution in [-0.4, -0.2) is 34.5 Å². The SMILES string of the molecule is C[C@@H]1C[C@H]2[C@@H]3C[C@H](C)C4=CC(=O)CC[C@]4(C)[C@H]3[C@@H](O)C[C@]2(C)[C@H]1C(=O)CO. The van der Waals surface area contributed by atoms with Crippen LogP contribution in [0.2, 0.25) is 0 Å². The number of carbonyl (C=O) groups excluding carboxylic acids is 2. The molecular formula is C23H34O4. The average Bonchev–Trinajstić information content (AvgIpc) is 2.85. The van der Waals surface area contributed by atoms with Gasteiger partial charge in [-0.25, -0.2) is 0 Å². The summed E-state index contributed by atoms with van der Waals surface area (Å²) in [7, 11) is 0. The molecule has 0 bridgehead atoms. The van der Waals surface area contributed by atoms with E-state index in [0.717, 1.165) is 19.3 Å². The van der Waals surface area contributed by atoms with E-state index in [1.54, 1.807) is 0 Å². The van der Waals surface area contributed by atoms with Gasteiger partial charge in [0.1, 0.15) is 6.61 Å². The van der Waals surface area contributed by atoms with Crippen molar-refractivity contribution in [2.45, 2.75) is 65.9 Å². The zero-order chi connectivity index (χ0) is 19.7. The molecule has 0 aromatic heterocycles. The molecule has 150 valence electrons. The number of Topliss-reactive ketones (excluding diaryl/α,β-unsaturated/α-hetero) is 1. The Kier molecular flexibility index (Phi) is 4.47. The molecule has 0 radical (unpaired) electrons. The molecule has 0 saturated heterocycles. The highest BCUT2D eigenvalue weighted by Gasteiger charge is 2.65. The van der Waals surface area contributed by atoms with Crippen LogP contribution in [0.15, 0.2) is 11.6 Å². The third-order valence-corrected chi connectivity index (χ3v) is 9.06. The van der Waals surface area contributed by atoms with E-state index in [0.29, 0.717) is 30.6 Å². The van der Waals surface area contributed by atoms with Gasteiger partial charge in [-0.2, -0.15) is 0 Å². The first-order chi connectivity index (χ1) is 12.6. The Hall–Kier alpha value is -1.00. The zero-order valence-corrected chi connectivity index (χ0v) is 17.1. The summed E-state index contributed by atoms with van der Waals surface area (Å²) in [6.07, 6.45) is 5.45. The first-order valence-corrected chi connectivity index (χ1v) is 10.7. The summed E-state index contributed by atoms with van der Waals surface area (Å²) in [5, 5.41) is 20.9. The second-order valence-electron chi connectivity index (χ2n) is 10.5. The van der Waals surface area contributed by atoms with E-state index in [2.05, 4.69) is 27.7 Å². The van der Waals surface area contributed by atoms with Crippen LogP contribution in [0.5, 0.6) is 0 Å². The number of hydrogen-bond donors (Lipinski definition) is 2. The topological polar surface area (TPSA) is 74.6 Å². The molecule has 4 rings (SSSR count). The first kappa shape index (κ1) is 19.3. The van der Waals surface area contributed by atoms with Crippen LogP contribution in [0.3, 0.4) is 0 Å². The van der Waals surface area contributed by atoms with Crippen molar-refractivity contribution >= 4 is 11.6 Å². The van der Waals surface area contributed by atoms with Gasteiger partial charge in [0.15, 0.2) is 11.6 Å². The third-order valence-electron chi connectivity index (χ3n) is 9.06. The summed E-state index contributed by atoms with van der Waals surface area (Å²) in [5.41, 5.74) is 0.901. The molecule has 0 spiro atoms. The minimum Gasteiger partial charge on any atom is -0.393 e. The second kappa shape index (κ2) is 6.25. The highest BCUT2D eigenvalue weighted by atomic mass is 16.3. The number of rotatable bonds is 2. The van der Waals surface area contributed by atoms with Crippen LogP contribution < -0.4 is 0 Å². The highest BCUT2D eigenvalue weighted by Crippen LogP contribution is 2.68. The number of allylic oxidation sites excluding steroid dienone is 1. The van der Waals surface area contributed by atoms with Crippen LogP contribution in [0, 0.1) is 46.3 Å². The fourth-order valence-electron chi connectivity index (χ4n) is 8.27. The van der Waals surface area contributed by atoms with Gasteiger partial charge in [0.2, 0.25) is 0 Å². The minimum atomic E-state index is -0.454. The van der Waals surface area contributed by atoms with E-state index in [4.69, 9.17) is 0 Å². The molecule has 0 aromatic rings. The maximum atomic E-state index is 12.6. The van der Waals surface area contributed by atoms with Crippen molar-refractivity contribution in [3.63, 3.8) is 0 Å². The summed E-state index contributed by atoms with van der Waals surface area (Å²) in [5.74, 6) is 1.56. The van der Waals surface area contributed by atoms with E-state index >= 15 is 0 Å². The van der Waals surface area contributed by atoms with Crippen molar-refractivity contribution in [2.24, 2.45) is 46.3 Å². The normalized spacial score (nSPS) is 51.9. The smallest absolute Gasteiger partial charge is 0.162 e. The van der Waals surface area contributed by atoms with Gasteiger partial charge < -0.3 is 10.2 Å². The number of hydrogen-bond acceptors (Lipinski definition) is 4. The first-order valence-electron chi connectivity index (χ1n) is 10.7. The van der Waals surface area contributed by atoms with Gasteiger partial charge in [0.25, 0.3) is 0 Å². The van der Waals surface area contributed by atoms with Crippen LogP contribution >= 0.6 is 0 Å². The maximum Gasteiger partial charge on any atom is 0.162 e. The molecule has 27 heavy (non-hydrogen) atoms. The van der Waals surface area contributed by atoms with E-state index in [1.165, 1.54) is 5.57 Å². The molecule has 4 aliphatic rings. The molecule has 4 aliphatic carbocycles. The second-order valence-corrected chi connectivity index (χ2v) is 10.5. The number of aliphatic hydroxyl groups is 2.